The first kappa shape index (κ1) is 22.6. The Morgan fingerprint density at radius 3 is 2.66 bits per heavy atom. The fourth-order valence-electron chi connectivity index (χ4n) is 4.00. The molecule has 1 N–H and O–H groups in total. The maximum Gasteiger partial charge on any atom is 0.0595 e. The largest absolute Gasteiger partial charge is 0.308 e. The summed E-state index contributed by atoms with van der Waals surface area (Å²) < 4.78 is 0. The smallest absolute Gasteiger partial charge is 0.0595 e. The van der Waals surface area contributed by atoms with Crippen molar-refractivity contribution in [1.29, 1.82) is 0 Å². The van der Waals surface area contributed by atoms with Gasteiger partial charge >= 0.3 is 0 Å². The highest BCUT2D eigenvalue weighted by Crippen LogP contribution is 2.30. The zero-order valence-electron chi connectivity index (χ0n) is 17.8. The van der Waals surface area contributed by atoms with Gasteiger partial charge in [-0.25, -0.2) is 0 Å². The van der Waals surface area contributed by atoms with Crippen LogP contribution in [0.1, 0.15) is 63.8 Å². The Bertz CT molecular complexity index is 773. The van der Waals surface area contributed by atoms with Crippen LogP contribution in [0.5, 0.6) is 0 Å². The van der Waals surface area contributed by atoms with Crippen LogP contribution in [0, 0.1) is 5.41 Å². The van der Waals surface area contributed by atoms with Crippen LogP contribution in [0.4, 0.5) is 0 Å². The highest BCUT2D eigenvalue weighted by atomic mass is 35.5. The van der Waals surface area contributed by atoms with Gasteiger partial charge in [0.2, 0.25) is 0 Å². The summed E-state index contributed by atoms with van der Waals surface area (Å²) in [5.41, 5.74) is 2.60. The van der Waals surface area contributed by atoms with Crippen LogP contribution in [0.25, 0.3) is 0 Å². The number of pyridine rings is 1. The zero-order valence-corrected chi connectivity index (χ0v) is 19.3. The van der Waals surface area contributed by atoms with Gasteiger partial charge in [-0.3, -0.25) is 9.88 Å². The molecule has 3 rings (SSSR count). The summed E-state index contributed by atoms with van der Waals surface area (Å²) in [4.78, 5) is 7.27. The minimum atomic E-state index is 0.235. The SMILES string of the molecule is CC(C)(C)CN[C@@H](C[C@@H]1CCCCN1Cc1ccc(Cl)c(Cl)c1)c1ccccn1. The number of halogens is 2. The molecule has 1 aromatic carbocycles. The second-order valence-electron chi connectivity index (χ2n) is 9.35. The van der Waals surface area contributed by atoms with E-state index in [1.807, 2.05) is 24.4 Å². The molecule has 29 heavy (non-hydrogen) atoms. The molecule has 2 atom stereocenters. The molecule has 0 spiro atoms. The zero-order chi connectivity index (χ0) is 20.9. The van der Waals surface area contributed by atoms with Crippen molar-refractivity contribution < 1.29 is 0 Å². The van der Waals surface area contributed by atoms with E-state index in [1.165, 1.54) is 24.8 Å². The van der Waals surface area contributed by atoms with Gasteiger partial charge in [-0.1, -0.05) is 62.5 Å². The monoisotopic (exact) mass is 433 g/mol. The third kappa shape index (κ3) is 6.96. The summed E-state index contributed by atoms with van der Waals surface area (Å²) in [7, 11) is 0. The van der Waals surface area contributed by atoms with E-state index in [0.717, 1.165) is 31.7 Å². The second kappa shape index (κ2) is 10.3. The Morgan fingerprint density at radius 2 is 1.97 bits per heavy atom. The lowest BCUT2D eigenvalue weighted by Crippen LogP contribution is -2.42. The van der Waals surface area contributed by atoms with Crippen molar-refractivity contribution in [2.75, 3.05) is 13.1 Å². The highest BCUT2D eigenvalue weighted by molar-refractivity contribution is 6.42. The molecule has 2 heterocycles. The van der Waals surface area contributed by atoms with Crippen LogP contribution < -0.4 is 5.32 Å². The fourth-order valence-corrected chi connectivity index (χ4v) is 4.32. The van der Waals surface area contributed by atoms with Gasteiger partial charge in [-0.05, 0) is 61.1 Å². The van der Waals surface area contributed by atoms with Crippen LogP contribution in [0.15, 0.2) is 42.6 Å². The normalized spacial score (nSPS) is 19.3. The first-order valence-electron chi connectivity index (χ1n) is 10.6. The molecule has 2 aromatic rings. The van der Waals surface area contributed by atoms with E-state index >= 15 is 0 Å². The average molecular weight is 434 g/mol. The minimum absolute atomic E-state index is 0.235. The molecule has 0 saturated carbocycles. The maximum atomic E-state index is 6.25. The van der Waals surface area contributed by atoms with E-state index in [-0.39, 0.29) is 11.5 Å². The Kier molecular flexibility index (Phi) is 7.98. The third-order valence-electron chi connectivity index (χ3n) is 5.55. The topological polar surface area (TPSA) is 28.2 Å². The van der Waals surface area contributed by atoms with Gasteiger partial charge in [-0.15, -0.1) is 0 Å². The van der Waals surface area contributed by atoms with Gasteiger partial charge < -0.3 is 5.32 Å². The molecule has 0 aliphatic carbocycles. The van der Waals surface area contributed by atoms with E-state index in [1.54, 1.807) is 0 Å². The summed E-state index contributed by atoms with van der Waals surface area (Å²) in [6, 6.07) is 13.0. The Labute approximate surface area is 185 Å². The average Bonchev–Trinajstić information content (AvgIpc) is 2.69. The van der Waals surface area contributed by atoms with Gasteiger partial charge in [-0.2, -0.15) is 0 Å². The summed E-state index contributed by atoms with van der Waals surface area (Å²) in [5, 5.41) is 5.05. The predicted octanol–water partition coefficient (Wildman–Crippen LogP) is 6.51. The molecule has 0 bridgehead atoms. The lowest BCUT2D eigenvalue weighted by molar-refractivity contribution is 0.120. The number of hydrogen-bond donors (Lipinski definition) is 1. The van der Waals surface area contributed by atoms with E-state index < -0.39 is 0 Å². The molecule has 0 amide bonds. The van der Waals surface area contributed by atoms with E-state index in [9.17, 15) is 0 Å². The fraction of sp³-hybridized carbons (Fsp3) is 0.542. The summed E-state index contributed by atoms with van der Waals surface area (Å²) in [6.07, 6.45) is 6.73. The second-order valence-corrected chi connectivity index (χ2v) is 10.2. The Balaban J connectivity index is 1.73. The van der Waals surface area contributed by atoms with Crippen LogP contribution >= 0.6 is 23.2 Å². The number of piperidine rings is 1. The van der Waals surface area contributed by atoms with Crippen molar-refractivity contribution in [3.8, 4) is 0 Å². The summed E-state index contributed by atoms with van der Waals surface area (Å²) in [5.74, 6) is 0. The van der Waals surface area contributed by atoms with Crippen LogP contribution in [0.2, 0.25) is 10.0 Å². The van der Waals surface area contributed by atoms with Crippen LogP contribution in [0.3, 0.4) is 0 Å². The number of aromatic nitrogens is 1. The van der Waals surface area contributed by atoms with E-state index in [2.05, 4.69) is 54.2 Å². The van der Waals surface area contributed by atoms with Crippen molar-refractivity contribution in [3.63, 3.8) is 0 Å². The molecule has 1 saturated heterocycles. The summed E-state index contributed by atoms with van der Waals surface area (Å²) >= 11 is 12.3. The lowest BCUT2D eigenvalue weighted by atomic mass is 9.92. The minimum Gasteiger partial charge on any atom is -0.308 e. The number of hydrogen-bond acceptors (Lipinski definition) is 3. The molecule has 3 nitrogen and oxygen atoms in total. The predicted molar refractivity (Wildman–Crippen MR) is 124 cm³/mol. The maximum absolute atomic E-state index is 6.25. The van der Waals surface area contributed by atoms with Gasteiger partial charge in [0.25, 0.3) is 0 Å². The molecule has 1 fully saturated rings. The number of benzene rings is 1. The Morgan fingerprint density at radius 1 is 1.14 bits per heavy atom. The molecule has 0 unspecified atom stereocenters. The van der Waals surface area contributed by atoms with Crippen molar-refractivity contribution in [2.45, 2.75) is 65.1 Å². The quantitative estimate of drug-likeness (QED) is 0.538. The molecule has 1 aliphatic rings. The third-order valence-corrected chi connectivity index (χ3v) is 6.29. The lowest BCUT2D eigenvalue weighted by Gasteiger charge is -2.38. The number of nitrogens with one attached hydrogen (secondary N) is 1. The molecule has 5 heteroatoms. The summed E-state index contributed by atoms with van der Waals surface area (Å²) in [6.45, 7) is 9.81. The van der Waals surface area contributed by atoms with Gasteiger partial charge in [0, 0.05) is 25.3 Å². The van der Waals surface area contributed by atoms with E-state index in [4.69, 9.17) is 23.2 Å². The van der Waals surface area contributed by atoms with E-state index in [0.29, 0.717) is 16.1 Å². The molecular formula is C24H33Cl2N3. The molecular weight excluding hydrogens is 401 g/mol. The van der Waals surface area contributed by atoms with Gasteiger partial charge in [0.1, 0.15) is 0 Å². The number of rotatable bonds is 7. The van der Waals surface area contributed by atoms with Crippen LogP contribution in [-0.2, 0) is 6.54 Å². The number of likely N-dealkylation sites (tertiary alicyclic amines) is 1. The molecule has 158 valence electrons. The number of nitrogens with zero attached hydrogens (tertiary/aromatic N) is 2. The van der Waals surface area contributed by atoms with Crippen molar-refractivity contribution >= 4 is 23.2 Å². The first-order chi connectivity index (χ1) is 13.8. The van der Waals surface area contributed by atoms with Gasteiger partial charge in [0.15, 0.2) is 0 Å². The highest BCUT2D eigenvalue weighted by Gasteiger charge is 2.27. The molecule has 0 radical (unpaired) electrons. The molecule has 1 aliphatic heterocycles. The Hall–Kier alpha value is -1.13. The van der Waals surface area contributed by atoms with Crippen molar-refractivity contribution in [2.24, 2.45) is 5.41 Å². The molecule has 1 aromatic heterocycles. The van der Waals surface area contributed by atoms with Gasteiger partial charge in [0.05, 0.1) is 21.8 Å². The first-order valence-corrected chi connectivity index (χ1v) is 11.4. The van der Waals surface area contributed by atoms with Crippen LogP contribution in [-0.4, -0.2) is 29.0 Å². The van der Waals surface area contributed by atoms with Crippen molar-refractivity contribution in [3.05, 3.63) is 63.9 Å². The standard InChI is InChI=1S/C24H33Cl2N3/c1-24(2,3)17-28-23(22-9-4-6-12-27-22)15-19-8-5-7-13-29(19)16-18-10-11-20(25)21(26)14-18/h4,6,9-12,14,19,23,28H,5,7-8,13,15-17H2,1-3H3/t19-,23-/m0/s1. The van der Waals surface area contributed by atoms with Crippen molar-refractivity contribution in [1.82, 2.24) is 15.2 Å².